The van der Waals surface area contributed by atoms with Gasteiger partial charge in [-0.05, 0) is 67.7 Å². The molecule has 154 valence electrons. The zero-order chi connectivity index (χ0) is 19.8. The zero-order valence-corrected chi connectivity index (χ0v) is 17.5. The Morgan fingerprint density at radius 3 is 2.34 bits per heavy atom. The van der Waals surface area contributed by atoms with Crippen molar-refractivity contribution in [2.24, 2.45) is 17.8 Å². The average molecular weight is 415 g/mol. The van der Waals surface area contributed by atoms with E-state index in [1.54, 1.807) is 11.3 Å². The Balaban J connectivity index is 1.25. The van der Waals surface area contributed by atoms with Crippen LogP contribution in [0.5, 0.6) is 0 Å². The van der Waals surface area contributed by atoms with Gasteiger partial charge in [0, 0.05) is 12.8 Å². The summed E-state index contributed by atoms with van der Waals surface area (Å²) in [6.45, 7) is 1.25. The molecule has 0 spiro atoms. The highest BCUT2D eigenvalue weighted by atomic mass is 32.1. The second-order valence-corrected chi connectivity index (χ2v) is 11.1. The largest absolute Gasteiger partial charge is 0.339 e. The Morgan fingerprint density at radius 1 is 1.03 bits per heavy atom. The summed E-state index contributed by atoms with van der Waals surface area (Å²) in [6, 6.07) is 4.17. The molecule has 4 saturated carbocycles. The van der Waals surface area contributed by atoms with Crippen LogP contribution in [0.25, 0.3) is 0 Å². The van der Waals surface area contributed by atoms with E-state index in [2.05, 4.69) is 17.5 Å². The van der Waals surface area contributed by atoms with Crippen molar-refractivity contribution in [3.05, 3.63) is 22.4 Å². The van der Waals surface area contributed by atoms with Crippen LogP contribution in [-0.2, 0) is 9.59 Å². The van der Waals surface area contributed by atoms with Gasteiger partial charge in [-0.2, -0.15) is 0 Å². The van der Waals surface area contributed by atoms with Crippen molar-refractivity contribution in [2.75, 3.05) is 13.2 Å². The second-order valence-electron chi connectivity index (χ2n) is 10.1. The normalized spacial score (nSPS) is 41.2. The van der Waals surface area contributed by atoms with Crippen molar-refractivity contribution in [1.82, 2.24) is 9.80 Å². The molecule has 4 aliphatic carbocycles. The lowest BCUT2D eigenvalue weighted by Crippen LogP contribution is -3.12. The molecule has 6 aliphatic rings. The maximum absolute atomic E-state index is 13.4. The minimum atomic E-state index is -0.602. The fourth-order valence-corrected chi connectivity index (χ4v) is 8.46. The van der Waals surface area contributed by atoms with E-state index in [-0.39, 0.29) is 11.6 Å². The minimum Gasteiger partial charge on any atom is -0.310 e. The van der Waals surface area contributed by atoms with Gasteiger partial charge in [-0.1, -0.05) is 6.07 Å². The number of likely N-dealkylation sites (tertiary alicyclic amines) is 1. The monoisotopic (exact) mass is 414 g/mol. The Morgan fingerprint density at radius 2 is 1.72 bits per heavy atom. The van der Waals surface area contributed by atoms with E-state index in [1.807, 2.05) is 0 Å². The summed E-state index contributed by atoms with van der Waals surface area (Å²) >= 11 is 1.74. The first-order valence-electron chi connectivity index (χ1n) is 11.1. The third kappa shape index (κ3) is 2.66. The number of hydrogen-bond acceptors (Lipinski definition) is 4. The van der Waals surface area contributed by atoms with Crippen molar-refractivity contribution in [3.63, 3.8) is 0 Å². The molecule has 4 bridgehead atoms. The van der Waals surface area contributed by atoms with Gasteiger partial charge in [0.1, 0.15) is 6.04 Å². The van der Waals surface area contributed by atoms with Gasteiger partial charge in [0.25, 0.3) is 0 Å². The number of urea groups is 1. The van der Waals surface area contributed by atoms with Crippen molar-refractivity contribution in [3.8, 4) is 0 Å². The molecule has 1 aromatic heterocycles. The van der Waals surface area contributed by atoms with Crippen molar-refractivity contribution < 1.29 is 19.3 Å². The summed E-state index contributed by atoms with van der Waals surface area (Å²) in [4.78, 5) is 44.6. The predicted octanol–water partition coefficient (Wildman–Crippen LogP) is 2.18. The van der Waals surface area contributed by atoms with Gasteiger partial charge in [0.2, 0.25) is 0 Å². The fraction of sp³-hybridized carbons (Fsp3) is 0.682. The average Bonchev–Trinajstić information content (AvgIpc) is 3.38. The third-order valence-corrected chi connectivity index (χ3v) is 9.25. The standard InChI is InChI=1S/C22H27N3O3S/c26-19-20(27)25(22-10-14-7-15(11-22)9-16(8-14)12-22)21(28)24(19)13-23-5-1-3-17(23)18-4-2-6-29-18/h2,4,6,14-17H,1,3,5,7-13H2/p+1/t14?,15?,16?,17-,22?/m1/s1. The molecule has 7 rings (SSSR count). The summed E-state index contributed by atoms with van der Waals surface area (Å²) in [5, 5.41) is 2.08. The number of amides is 4. The summed E-state index contributed by atoms with van der Waals surface area (Å²) in [6.07, 6.45) is 8.61. The number of carbonyl (C=O) groups excluding carboxylic acids is 3. The van der Waals surface area contributed by atoms with Crippen LogP contribution in [-0.4, -0.2) is 46.4 Å². The summed E-state index contributed by atoms with van der Waals surface area (Å²) in [5.41, 5.74) is -0.388. The Labute approximate surface area is 174 Å². The van der Waals surface area contributed by atoms with Crippen LogP contribution in [0, 0.1) is 17.8 Å². The first-order valence-corrected chi connectivity index (χ1v) is 12.0. The molecule has 1 N–H and O–H groups in total. The molecule has 1 unspecified atom stereocenters. The number of hydrogen-bond donors (Lipinski definition) is 1. The van der Waals surface area contributed by atoms with Crippen molar-refractivity contribution in [2.45, 2.75) is 62.9 Å². The maximum Gasteiger partial charge on any atom is 0.339 e. The van der Waals surface area contributed by atoms with Crippen LogP contribution < -0.4 is 4.90 Å². The maximum atomic E-state index is 13.4. The molecule has 0 radical (unpaired) electrons. The lowest BCUT2D eigenvalue weighted by molar-refractivity contribution is -0.925. The molecule has 0 aromatic carbocycles. The Kier molecular flexibility index (Phi) is 3.98. The van der Waals surface area contributed by atoms with E-state index in [0.29, 0.717) is 30.5 Å². The van der Waals surface area contributed by atoms with E-state index in [9.17, 15) is 14.4 Å². The summed E-state index contributed by atoms with van der Waals surface area (Å²) in [7, 11) is 0. The third-order valence-electron chi connectivity index (χ3n) is 8.26. The quantitative estimate of drug-likeness (QED) is 0.607. The molecule has 29 heavy (non-hydrogen) atoms. The van der Waals surface area contributed by atoms with Gasteiger partial charge in [-0.25, -0.2) is 14.6 Å². The molecular formula is C22H28N3O3S+. The number of imide groups is 2. The van der Waals surface area contributed by atoms with E-state index in [4.69, 9.17) is 0 Å². The first-order chi connectivity index (χ1) is 14.0. The van der Waals surface area contributed by atoms with Crippen molar-refractivity contribution in [1.29, 1.82) is 0 Å². The number of carbonyl (C=O) groups is 3. The SMILES string of the molecule is O=C1C(=O)N(C23CC4CC(CC(C4)C2)C3)C(=O)N1C[NH+]1CCC[C@@H]1c1cccs1. The predicted molar refractivity (Wildman–Crippen MR) is 107 cm³/mol. The van der Waals surface area contributed by atoms with E-state index < -0.39 is 11.8 Å². The van der Waals surface area contributed by atoms with Gasteiger partial charge < -0.3 is 4.90 Å². The van der Waals surface area contributed by atoms with Gasteiger partial charge >= 0.3 is 17.8 Å². The van der Waals surface area contributed by atoms with E-state index in [1.165, 1.54) is 38.8 Å². The fourth-order valence-electron chi connectivity index (χ4n) is 7.54. The number of thiophene rings is 1. The molecule has 2 atom stereocenters. The van der Waals surface area contributed by atoms with Gasteiger partial charge in [0.05, 0.1) is 17.0 Å². The molecule has 6 nitrogen and oxygen atoms in total. The minimum absolute atomic E-state index is 0.314. The lowest BCUT2D eigenvalue weighted by atomic mass is 9.52. The van der Waals surface area contributed by atoms with Crippen LogP contribution in [0.4, 0.5) is 4.79 Å². The highest BCUT2D eigenvalue weighted by Gasteiger charge is 2.61. The van der Waals surface area contributed by atoms with Gasteiger partial charge in [-0.3, -0.25) is 9.59 Å². The van der Waals surface area contributed by atoms with Crippen molar-refractivity contribution >= 4 is 29.2 Å². The van der Waals surface area contributed by atoms with Gasteiger partial charge in [-0.15, -0.1) is 11.3 Å². The molecule has 2 saturated heterocycles. The number of nitrogens with one attached hydrogen (secondary N) is 1. The number of nitrogens with zero attached hydrogens (tertiary/aromatic N) is 2. The summed E-state index contributed by atoms with van der Waals surface area (Å²) < 4.78 is 0. The van der Waals surface area contributed by atoms with Crippen LogP contribution in [0.2, 0.25) is 0 Å². The number of quaternary nitrogens is 1. The lowest BCUT2D eigenvalue weighted by Gasteiger charge is -2.58. The van der Waals surface area contributed by atoms with Crippen LogP contribution in [0.1, 0.15) is 62.3 Å². The Hall–Kier alpha value is -1.73. The Bertz CT molecular complexity index is 831. The topological polar surface area (TPSA) is 62.1 Å². The molecular weight excluding hydrogens is 386 g/mol. The van der Waals surface area contributed by atoms with Gasteiger partial charge in [0.15, 0.2) is 6.67 Å². The molecule has 2 aliphatic heterocycles. The summed E-state index contributed by atoms with van der Waals surface area (Å²) in [5.74, 6) is 0.702. The van der Waals surface area contributed by atoms with E-state index >= 15 is 0 Å². The van der Waals surface area contributed by atoms with E-state index in [0.717, 1.165) is 38.6 Å². The van der Waals surface area contributed by atoms with Crippen LogP contribution >= 0.6 is 11.3 Å². The first kappa shape index (κ1) is 18.1. The number of rotatable bonds is 4. The molecule has 1 aromatic rings. The molecule has 6 fully saturated rings. The smallest absolute Gasteiger partial charge is 0.310 e. The molecule has 4 amide bonds. The van der Waals surface area contributed by atoms with Crippen LogP contribution in [0.15, 0.2) is 17.5 Å². The second kappa shape index (κ2) is 6.38. The van der Waals surface area contributed by atoms with Crippen LogP contribution in [0.3, 0.4) is 0 Å². The highest BCUT2D eigenvalue weighted by Crippen LogP contribution is 2.58. The molecule has 3 heterocycles. The highest BCUT2D eigenvalue weighted by molar-refractivity contribution is 7.10. The molecule has 7 heteroatoms. The zero-order valence-electron chi connectivity index (χ0n) is 16.6.